The van der Waals surface area contributed by atoms with Gasteiger partial charge in [-0.15, -0.1) is 0 Å². The highest BCUT2D eigenvalue weighted by Gasteiger charge is 2.36. The first kappa shape index (κ1) is 66.0. The largest absolute Gasteiger partial charge is 0.481 e. The van der Waals surface area contributed by atoms with E-state index in [1.165, 1.54) is 21.6 Å². The topological polar surface area (TPSA) is 265 Å². The number of hydrogen-bond acceptors (Lipinski definition) is 15. The van der Waals surface area contributed by atoms with Gasteiger partial charge in [-0.3, -0.25) is 43.3 Å². The van der Waals surface area contributed by atoms with Gasteiger partial charge in [-0.2, -0.15) is 0 Å². The lowest BCUT2D eigenvalue weighted by molar-refractivity contribution is -0.145. The number of imide groups is 1. The highest BCUT2D eigenvalue weighted by atomic mass is 33.1. The summed E-state index contributed by atoms with van der Waals surface area (Å²) in [5.74, 6) is -4.46. The molecule has 1 aliphatic heterocycles. The Kier molecular flexibility index (Phi) is 27.7. The summed E-state index contributed by atoms with van der Waals surface area (Å²) in [6.45, 7) is 29.9. The van der Waals surface area contributed by atoms with Crippen LogP contribution in [0.15, 0.2) is 12.2 Å². The Labute approximate surface area is 439 Å². The molecule has 0 aromatic heterocycles. The first-order valence-corrected chi connectivity index (χ1v) is 29.0. The summed E-state index contributed by atoms with van der Waals surface area (Å²) in [5.41, 5.74) is 3.60. The van der Waals surface area contributed by atoms with Gasteiger partial charge >= 0.3 is 5.97 Å². The van der Waals surface area contributed by atoms with Crippen molar-refractivity contribution in [2.24, 2.45) is 11.1 Å². The molecule has 408 valence electrons. The summed E-state index contributed by atoms with van der Waals surface area (Å²) in [7, 11) is 5.93. The van der Waals surface area contributed by atoms with E-state index in [0.29, 0.717) is 38.7 Å². The number of unbranched alkanes of at least 4 members (excludes halogenated alkanes) is 1. The number of carbonyl (C=O) groups is 8. The molecule has 0 saturated carbocycles. The van der Waals surface area contributed by atoms with Crippen molar-refractivity contribution in [1.82, 2.24) is 31.5 Å². The highest BCUT2D eigenvalue weighted by Crippen LogP contribution is 2.36. The number of nitrogens with zero attached hydrogens (tertiary/aromatic N) is 1. The average molecular weight is 1080 g/mol. The molecule has 18 nitrogen and oxygen atoms in total. The molecule has 1 aliphatic rings. The minimum absolute atomic E-state index is 0.0491. The van der Waals surface area contributed by atoms with Crippen LogP contribution in [-0.4, -0.2) is 146 Å². The SMILES string of the molecule is CC(C)(CCC(=O)NC(CSSC(C)(C)C)C(=O)NC(CCCCNC(=O)C(CN)N1C(=O)C=CC1=O)C(=O)NC(CSSC(C)(C)C)C(=O)NC(C)(C)CCOC(C)(C)CCC(=O)O)COC(C)(C)C. The molecule has 0 aromatic carbocycles. The Bertz CT molecular complexity index is 1810. The fraction of sp³-hybridized carbons (Fsp3) is 0.796. The van der Waals surface area contributed by atoms with Gasteiger partial charge in [-0.1, -0.05) is 98.6 Å². The summed E-state index contributed by atoms with van der Waals surface area (Å²) >= 11 is 0. The van der Waals surface area contributed by atoms with Crippen LogP contribution in [0.1, 0.15) is 155 Å². The molecular weight excluding hydrogens is 991 g/mol. The zero-order valence-electron chi connectivity index (χ0n) is 45.1. The maximum atomic E-state index is 14.5. The molecule has 4 atom stereocenters. The molecular formula is C49H87N7O11S4. The van der Waals surface area contributed by atoms with Crippen LogP contribution >= 0.6 is 43.2 Å². The second-order valence-electron chi connectivity index (χ2n) is 22.8. The highest BCUT2D eigenvalue weighted by molar-refractivity contribution is 8.77. The summed E-state index contributed by atoms with van der Waals surface area (Å²) in [5, 5.41) is 23.6. The number of nitrogens with two attached hydrogens (primary N) is 1. The van der Waals surface area contributed by atoms with Crippen LogP contribution in [-0.2, 0) is 47.8 Å². The maximum Gasteiger partial charge on any atom is 0.303 e. The molecule has 0 spiro atoms. The second kappa shape index (κ2) is 29.8. The predicted octanol–water partition coefficient (Wildman–Crippen LogP) is 5.91. The molecule has 0 radical (unpaired) electrons. The summed E-state index contributed by atoms with van der Waals surface area (Å²) < 4.78 is 11.7. The van der Waals surface area contributed by atoms with Crippen LogP contribution in [0.3, 0.4) is 0 Å². The molecule has 0 saturated heterocycles. The van der Waals surface area contributed by atoms with Gasteiger partial charge in [-0.05, 0) is 92.4 Å². The molecule has 0 aliphatic carbocycles. The van der Waals surface area contributed by atoms with Crippen LogP contribution in [0, 0.1) is 5.41 Å². The third-order valence-corrected chi connectivity index (χ3v) is 17.1. The van der Waals surface area contributed by atoms with Gasteiger partial charge in [0.05, 0.1) is 17.8 Å². The number of amides is 7. The third-order valence-electron chi connectivity index (χ3n) is 10.5. The van der Waals surface area contributed by atoms with Crippen molar-refractivity contribution < 1.29 is 52.9 Å². The van der Waals surface area contributed by atoms with Gasteiger partial charge in [0.15, 0.2) is 0 Å². The lowest BCUT2D eigenvalue weighted by atomic mass is 9.88. The normalized spacial score (nSPS) is 15.5. The van der Waals surface area contributed by atoms with Gasteiger partial charge in [0.2, 0.25) is 29.5 Å². The van der Waals surface area contributed by atoms with Crippen molar-refractivity contribution in [3.8, 4) is 0 Å². The molecule has 4 unspecified atom stereocenters. The summed E-state index contributed by atoms with van der Waals surface area (Å²) in [4.78, 5) is 106. The lowest BCUT2D eigenvalue weighted by Crippen LogP contribution is -2.59. The number of aliphatic carboxylic acids is 1. The molecule has 0 aromatic rings. The van der Waals surface area contributed by atoms with Crippen molar-refractivity contribution in [2.45, 2.75) is 206 Å². The molecule has 1 rings (SSSR count). The van der Waals surface area contributed by atoms with E-state index in [1.54, 1.807) is 21.6 Å². The minimum Gasteiger partial charge on any atom is -0.481 e. The molecule has 8 N–H and O–H groups in total. The number of ether oxygens (including phenoxy) is 2. The fourth-order valence-corrected chi connectivity index (χ4v) is 11.3. The van der Waals surface area contributed by atoms with Crippen LogP contribution < -0.4 is 32.3 Å². The number of carbonyl (C=O) groups excluding carboxylic acids is 7. The van der Waals surface area contributed by atoms with E-state index < -0.39 is 76.7 Å². The number of hydrogen-bond donors (Lipinski definition) is 7. The van der Waals surface area contributed by atoms with Gasteiger partial charge in [0.25, 0.3) is 11.8 Å². The Morgan fingerprint density at radius 2 is 1.18 bits per heavy atom. The van der Waals surface area contributed by atoms with Gasteiger partial charge in [0, 0.05) is 71.2 Å². The van der Waals surface area contributed by atoms with Crippen LogP contribution in [0.25, 0.3) is 0 Å². The van der Waals surface area contributed by atoms with Crippen molar-refractivity contribution in [3.05, 3.63) is 12.2 Å². The number of carboxylic acid groups (broad SMARTS) is 1. The zero-order valence-corrected chi connectivity index (χ0v) is 48.3. The Morgan fingerprint density at radius 1 is 0.662 bits per heavy atom. The van der Waals surface area contributed by atoms with Gasteiger partial charge in [0.1, 0.15) is 24.2 Å². The van der Waals surface area contributed by atoms with E-state index in [1.807, 2.05) is 104 Å². The van der Waals surface area contributed by atoms with E-state index >= 15 is 0 Å². The first-order valence-electron chi connectivity index (χ1n) is 24.3. The minimum atomic E-state index is -1.21. The molecule has 22 heteroatoms. The van der Waals surface area contributed by atoms with E-state index in [4.69, 9.17) is 20.3 Å². The molecule has 0 bridgehead atoms. The zero-order chi connectivity index (χ0) is 54.6. The van der Waals surface area contributed by atoms with Crippen LogP contribution in [0.2, 0.25) is 0 Å². The monoisotopic (exact) mass is 1080 g/mol. The van der Waals surface area contributed by atoms with E-state index in [9.17, 15) is 38.4 Å². The number of nitrogens with one attached hydrogen (secondary N) is 5. The molecule has 1 heterocycles. The fourth-order valence-electron chi connectivity index (χ4n) is 6.34. The first-order chi connectivity index (χ1) is 32.5. The van der Waals surface area contributed by atoms with E-state index in [0.717, 1.165) is 17.1 Å². The van der Waals surface area contributed by atoms with E-state index in [2.05, 4.69) is 26.6 Å². The quantitative estimate of drug-likeness (QED) is 0.0229. The Balaban J connectivity index is 3.44. The van der Waals surface area contributed by atoms with Crippen LogP contribution in [0.4, 0.5) is 0 Å². The average Bonchev–Trinajstić information content (AvgIpc) is 3.55. The third kappa shape index (κ3) is 29.5. The second-order valence-corrected chi connectivity index (χ2v) is 29.1. The van der Waals surface area contributed by atoms with Crippen molar-refractivity contribution in [3.63, 3.8) is 0 Å². The van der Waals surface area contributed by atoms with Crippen molar-refractivity contribution >= 4 is 90.5 Å². The smallest absolute Gasteiger partial charge is 0.303 e. The Hall–Kier alpha value is -3.02. The van der Waals surface area contributed by atoms with Gasteiger partial charge in [-0.25, -0.2) is 0 Å². The van der Waals surface area contributed by atoms with Gasteiger partial charge < -0.3 is 46.9 Å². The molecule has 71 heavy (non-hydrogen) atoms. The molecule has 7 amide bonds. The standard InChI is InChI=1S/C49H87N7O11S4/c1-44(2,3)67-31-47(10,11)23-21-36(57)52-33(29-68-70-45(4,5)6)41(63)53-32(18-16-17-26-51-43(65)35(28-50)56-37(58)19-20-38(56)59)40(62)54-34(30-69-71-46(7,8)9)42(64)55-48(12,13)25-27-66-49(14,15)24-22-39(60)61/h19-20,32-35H,16-18,21-31,50H2,1-15H3,(H,51,65)(H,52,57)(H,53,63)(H,54,62)(H,55,64)(H,60,61). The summed E-state index contributed by atoms with van der Waals surface area (Å²) in [6, 6.07) is -4.47. The lowest BCUT2D eigenvalue weighted by Gasteiger charge is -2.32. The van der Waals surface area contributed by atoms with Crippen molar-refractivity contribution in [2.75, 3.05) is 37.8 Å². The summed E-state index contributed by atoms with van der Waals surface area (Å²) in [6.07, 6.45) is 4.10. The predicted molar refractivity (Wildman–Crippen MR) is 289 cm³/mol. The molecule has 0 fully saturated rings. The Morgan fingerprint density at radius 3 is 1.69 bits per heavy atom. The van der Waals surface area contributed by atoms with E-state index in [-0.39, 0.29) is 76.9 Å². The van der Waals surface area contributed by atoms with Crippen LogP contribution in [0.5, 0.6) is 0 Å². The number of rotatable bonds is 33. The maximum absolute atomic E-state index is 14.5. The number of carboxylic acids is 1. The van der Waals surface area contributed by atoms with Crippen molar-refractivity contribution in [1.29, 1.82) is 0 Å².